The maximum Gasteiger partial charge on any atom is 0.195 e. The van der Waals surface area contributed by atoms with Crippen LogP contribution >= 0.6 is 11.6 Å². The van der Waals surface area contributed by atoms with Crippen molar-refractivity contribution in [1.29, 1.82) is 0 Å². The number of para-hydroxylation sites is 1. The zero-order valence-corrected chi connectivity index (χ0v) is 17.9. The molecule has 0 bridgehead atoms. The van der Waals surface area contributed by atoms with E-state index in [1.165, 1.54) is 0 Å². The summed E-state index contributed by atoms with van der Waals surface area (Å²) < 4.78 is 0. The molecule has 1 aromatic heterocycles. The monoisotopic (exact) mass is 431 g/mol. The van der Waals surface area contributed by atoms with Gasteiger partial charge >= 0.3 is 0 Å². The van der Waals surface area contributed by atoms with E-state index >= 15 is 0 Å². The molecule has 2 nitrogen and oxygen atoms in total. The number of H-pyrrole nitrogens is 1. The first-order valence-corrected chi connectivity index (χ1v) is 10.9. The fraction of sp³-hybridized carbons (Fsp3) is 0. The second kappa shape index (κ2) is 7.37. The average molecular weight is 432 g/mol. The van der Waals surface area contributed by atoms with Crippen LogP contribution in [-0.2, 0) is 0 Å². The molecule has 0 saturated heterocycles. The van der Waals surface area contributed by atoms with Crippen LogP contribution in [0.5, 0.6) is 0 Å². The Morgan fingerprint density at radius 3 is 2.03 bits per heavy atom. The van der Waals surface area contributed by atoms with Crippen LogP contribution in [0.4, 0.5) is 0 Å². The van der Waals surface area contributed by atoms with Crippen molar-refractivity contribution in [3.05, 3.63) is 119 Å². The summed E-state index contributed by atoms with van der Waals surface area (Å²) in [4.78, 5) is 17.4. The lowest BCUT2D eigenvalue weighted by Gasteiger charge is -2.15. The van der Waals surface area contributed by atoms with E-state index in [1.54, 1.807) is 0 Å². The van der Waals surface area contributed by atoms with Crippen LogP contribution in [0, 0.1) is 0 Å². The van der Waals surface area contributed by atoms with E-state index < -0.39 is 0 Å². The fourth-order valence-electron chi connectivity index (χ4n) is 4.66. The number of aromatic amines is 1. The SMILES string of the molecule is O=C(c1ccccc1)c1c2ccccc2c(-c2ccc(Cl)cc2)c2c1[nH]c1ccccc12. The quantitative estimate of drug-likeness (QED) is 0.282. The second-order valence-electron chi connectivity index (χ2n) is 7.92. The van der Waals surface area contributed by atoms with Crippen molar-refractivity contribution in [2.45, 2.75) is 0 Å². The minimum Gasteiger partial charge on any atom is -0.354 e. The molecule has 1 heterocycles. The standard InChI is InChI=1S/C29H18ClNO/c30-20-16-14-18(15-17-20)25-21-10-4-5-11-22(21)27(29(32)19-8-2-1-3-9-19)28-26(25)23-12-6-7-13-24(23)31-28/h1-17,31H. The lowest BCUT2D eigenvalue weighted by molar-refractivity contribution is 0.104. The largest absolute Gasteiger partial charge is 0.354 e. The van der Waals surface area contributed by atoms with Gasteiger partial charge in [-0.1, -0.05) is 96.5 Å². The Bertz CT molecular complexity index is 1630. The molecule has 32 heavy (non-hydrogen) atoms. The lowest BCUT2D eigenvalue weighted by atomic mass is 9.88. The first kappa shape index (κ1) is 18.9. The minimum absolute atomic E-state index is 0.0148. The van der Waals surface area contributed by atoms with Crippen molar-refractivity contribution >= 4 is 50.0 Å². The van der Waals surface area contributed by atoms with Crippen LogP contribution in [0.2, 0.25) is 5.02 Å². The molecule has 0 unspecified atom stereocenters. The van der Waals surface area contributed by atoms with Gasteiger partial charge in [-0.15, -0.1) is 0 Å². The van der Waals surface area contributed by atoms with Crippen LogP contribution in [0.1, 0.15) is 15.9 Å². The number of halogens is 1. The Morgan fingerprint density at radius 2 is 1.28 bits per heavy atom. The molecule has 0 fully saturated rings. The number of aromatic nitrogens is 1. The van der Waals surface area contributed by atoms with Gasteiger partial charge in [0.15, 0.2) is 5.78 Å². The molecule has 6 aromatic rings. The highest BCUT2D eigenvalue weighted by molar-refractivity contribution is 6.32. The van der Waals surface area contributed by atoms with E-state index in [4.69, 9.17) is 11.6 Å². The number of hydrogen-bond donors (Lipinski definition) is 1. The maximum atomic E-state index is 13.8. The lowest BCUT2D eigenvalue weighted by Crippen LogP contribution is -2.04. The Hall–Kier alpha value is -3.88. The summed E-state index contributed by atoms with van der Waals surface area (Å²) >= 11 is 6.19. The highest BCUT2D eigenvalue weighted by Gasteiger charge is 2.23. The zero-order chi connectivity index (χ0) is 21.7. The molecular formula is C29H18ClNO. The third kappa shape index (κ3) is 2.84. The molecule has 0 aliphatic heterocycles. The predicted octanol–water partition coefficient (Wildman–Crippen LogP) is 8.03. The number of nitrogens with one attached hydrogen (secondary N) is 1. The van der Waals surface area contributed by atoms with Gasteiger partial charge in [-0.05, 0) is 40.1 Å². The van der Waals surface area contributed by atoms with Crippen molar-refractivity contribution in [1.82, 2.24) is 4.98 Å². The zero-order valence-electron chi connectivity index (χ0n) is 17.1. The molecule has 0 amide bonds. The highest BCUT2D eigenvalue weighted by Crippen LogP contribution is 2.43. The molecule has 0 aliphatic rings. The molecule has 0 saturated carbocycles. The highest BCUT2D eigenvalue weighted by atomic mass is 35.5. The van der Waals surface area contributed by atoms with Gasteiger partial charge in [-0.2, -0.15) is 0 Å². The van der Waals surface area contributed by atoms with Crippen LogP contribution in [-0.4, -0.2) is 10.8 Å². The Labute approximate surface area is 190 Å². The van der Waals surface area contributed by atoms with Crippen molar-refractivity contribution in [3.8, 4) is 11.1 Å². The van der Waals surface area contributed by atoms with E-state index in [9.17, 15) is 4.79 Å². The fourth-order valence-corrected chi connectivity index (χ4v) is 4.79. The molecule has 3 heteroatoms. The van der Waals surface area contributed by atoms with Crippen LogP contribution < -0.4 is 0 Å². The third-order valence-corrected chi connectivity index (χ3v) is 6.32. The second-order valence-corrected chi connectivity index (χ2v) is 8.35. The Kier molecular flexibility index (Phi) is 4.34. The van der Waals surface area contributed by atoms with Crippen LogP contribution in [0.15, 0.2) is 103 Å². The molecule has 1 N–H and O–H groups in total. The van der Waals surface area contributed by atoms with E-state index in [1.807, 2.05) is 84.9 Å². The number of benzene rings is 5. The molecule has 0 radical (unpaired) electrons. The van der Waals surface area contributed by atoms with E-state index in [0.717, 1.165) is 43.7 Å². The summed E-state index contributed by atoms with van der Waals surface area (Å²) in [7, 11) is 0. The van der Waals surface area contributed by atoms with Gasteiger partial charge in [-0.25, -0.2) is 0 Å². The van der Waals surface area contributed by atoms with Gasteiger partial charge in [-0.3, -0.25) is 4.79 Å². The van der Waals surface area contributed by atoms with Crippen molar-refractivity contribution in [2.24, 2.45) is 0 Å². The van der Waals surface area contributed by atoms with Gasteiger partial charge in [0.25, 0.3) is 0 Å². The average Bonchev–Trinajstić information content (AvgIpc) is 3.22. The first-order chi connectivity index (χ1) is 15.7. The summed E-state index contributed by atoms with van der Waals surface area (Å²) in [6.45, 7) is 0. The van der Waals surface area contributed by atoms with Gasteiger partial charge in [0.05, 0.1) is 11.1 Å². The van der Waals surface area contributed by atoms with Gasteiger partial charge in [0.2, 0.25) is 0 Å². The molecule has 6 rings (SSSR count). The van der Waals surface area contributed by atoms with Crippen molar-refractivity contribution in [2.75, 3.05) is 0 Å². The predicted molar refractivity (Wildman–Crippen MR) is 134 cm³/mol. The topological polar surface area (TPSA) is 32.9 Å². The smallest absolute Gasteiger partial charge is 0.195 e. The van der Waals surface area contributed by atoms with Crippen LogP contribution in [0.3, 0.4) is 0 Å². The van der Waals surface area contributed by atoms with E-state index in [0.29, 0.717) is 16.1 Å². The normalized spacial score (nSPS) is 11.4. The number of carbonyl (C=O) groups excluding carboxylic acids is 1. The number of rotatable bonds is 3. The molecule has 0 spiro atoms. The summed E-state index contributed by atoms with van der Waals surface area (Å²) in [5, 5.41) is 4.84. The molecule has 152 valence electrons. The molecule has 5 aromatic carbocycles. The van der Waals surface area contributed by atoms with E-state index in [2.05, 4.69) is 23.2 Å². The summed E-state index contributed by atoms with van der Waals surface area (Å²) in [5.41, 5.74) is 5.43. The minimum atomic E-state index is 0.0148. The third-order valence-electron chi connectivity index (χ3n) is 6.07. The summed E-state index contributed by atoms with van der Waals surface area (Å²) in [6.07, 6.45) is 0. The molecule has 0 aliphatic carbocycles. The number of fused-ring (bicyclic) bond motifs is 4. The van der Waals surface area contributed by atoms with Crippen molar-refractivity contribution in [3.63, 3.8) is 0 Å². The number of hydrogen-bond acceptors (Lipinski definition) is 1. The first-order valence-electron chi connectivity index (χ1n) is 10.5. The number of carbonyl (C=O) groups is 1. The van der Waals surface area contributed by atoms with Crippen LogP contribution in [0.25, 0.3) is 43.7 Å². The van der Waals surface area contributed by atoms with Gasteiger partial charge in [0, 0.05) is 26.9 Å². The summed E-state index contributed by atoms with van der Waals surface area (Å²) in [5.74, 6) is 0.0148. The van der Waals surface area contributed by atoms with E-state index in [-0.39, 0.29) is 5.78 Å². The van der Waals surface area contributed by atoms with Gasteiger partial charge in [0.1, 0.15) is 0 Å². The van der Waals surface area contributed by atoms with Crippen molar-refractivity contribution < 1.29 is 4.79 Å². The van der Waals surface area contributed by atoms with Gasteiger partial charge < -0.3 is 4.98 Å². The molecular weight excluding hydrogens is 414 g/mol. The molecule has 0 atom stereocenters. The Balaban J connectivity index is 1.83. The maximum absolute atomic E-state index is 13.8. The number of ketones is 1. The Morgan fingerprint density at radius 1 is 0.656 bits per heavy atom. The summed E-state index contributed by atoms with van der Waals surface area (Å²) in [6, 6.07) is 33.8.